The standard InChI is InChI=1S/C18H29N5O.2ClH/c1-19-9-5-15-7-13-22(14-8-15)17(24)16-6-10-20-18(21-16)23-11-3-2-4-12-23;;/h6,10,15,19H,2-5,7-9,11-14H2,1H3;2*1H. The van der Waals surface area contributed by atoms with Crippen molar-refractivity contribution in [3.05, 3.63) is 18.0 Å². The van der Waals surface area contributed by atoms with Gasteiger partial charge in [-0.2, -0.15) is 0 Å². The molecule has 148 valence electrons. The number of carbonyl (C=O) groups is 1. The Labute approximate surface area is 169 Å². The van der Waals surface area contributed by atoms with Gasteiger partial charge in [-0.25, -0.2) is 9.97 Å². The van der Waals surface area contributed by atoms with Gasteiger partial charge in [0.05, 0.1) is 0 Å². The number of nitrogens with one attached hydrogen (secondary N) is 1. The normalized spacial score (nSPS) is 18.0. The minimum Gasteiger partial charge on any atom is -0.341 e. The largest absolute Gasteiger partial charge is 0.341 e. The zero-order valence-electron chi connectivity index (χ0n) is 15.5. The number of nitrogens with zero attached hydrogens (tertiary/aromatic N) is 4. The van der Waals surface area contributed by atoms with Gasteiger partial charge in [-0.3, -0.25) is 4.79 Å². The van der Waals surface area contributed by atoms with E-state index >= 15 is 0 Å². The maximum atomic E-state index is 12.8. The second-order valence-electron chi connectivity index (χ2n) is 6.92. The number of piperidine rings is 2. The fourth-order valence-electron chi connectivity index (χ4n) is 3.65. The zero-order chi connectivity index (χ0) is 16.8. The van der Waals surface area contributed by atoms with Crippen LogP contribution in [0.4, 0.5) is 5.95 Å². The number of rotatable bonds is 5. The summed E-state index contributed by atoms with van der Waals surface area (Å²) in [5, 5.41) is 3.21. The maximum absolute atomic E-state index is 12.8. The topological polar surface area (TPSA) is 61.4 Å². The Morgan fingerprint density at radius 3 is 2.50 bits per heavy atom. The van der Waals surface area contributed by atoms with E-state index in [1.807, 2.05) is 11.9 Å². The third-order valence-corrected chi connectivity index (χ3v) is 5.21. The molecule has 0 unspecified atom stereocenters. The van der Waals surface area contributed by atoms with Crippen LogP contribution in [0.25, 0.3) is 0 Å². The van der Waals surface area contributed by atoms with Gasteiger partial charge in [0.1, 0.15) is 5.69 Å². The van der Waals surface area contributed by atoms with E-state index in [1.54, 1.807) is 12.3 Å². The molecule has 0 aromatic carbocycles. The van der Waals surface area contributed by atoms with E-state index in [9.17, 15) is 4.79 Å². The molecule has 3 heterocycles. The molecule has 1 amide bonds. The van der Waals surface area contributed by atoms with Crippen molar-refractivity contribution in [2.75, 3.05) is 44.7 Å². The summed E-state index contributed by atoms with van der Waals surface area (Å²) in [6.07, 6.45) is 8.75. The first-order valence-corrected chi connectivity index (χ1v) is 9.30. The smallest absolute Gasteiger partial charge is 0.272 e. The SMILES string of the molecule is CNCCC1CCN(C(=O)c2ccnc(N3CCCCC3)n2)CC1.Cl.Cl. The lowest BCUT2D eigenvalue weighted by Gasteiger charge is -2.32. The molecule has 6 nitrogen and oxygen atoms in total. The molecule has 0 bridgehead atoms. The van der Waals surface area contributed by atoms with Crippen molar-refractivity contribution in [3.8, 4) is 0 Å². The van der Waals surface area contributed by atoms with Crippen molar-refractivity contribution in [3.63, 3.8) is 0 Å². The van der Waals surface area contributed by atoms with E-state index in [0.717, 1.165) is 51.5 Å². The van der Waals surface area contributed by atoms with Crippen LogP contribution < -0.4 is 10.2 Å². The third kappa shape index (κ3) is 5.96. The summed E-state index contributed by atoms with van der Waals surface area (Å²) >= 11 is 0. The van der Waals surface area contributed by atoms with Gasteiger partial charge in [-0.1, -0.05) is 0 Å². The number of hydrogen-bond donors (Lipinski definition) is 1. The van der Waals surface area contributed by atoms with Gasteiger partial charge in [0.25, 0.3) is 5.91 Å². The summed E-state index contributed by atoms with van der Waals surface area (Å²) in [5.74, 6) is 1.50. The molecular weight excluding hydrogens is 373 g/mol. The average Bonchev–Trinajstić information content (AvgIpc) is 2.67. The summed E-state index contributed by atoms with van der Waals surface area (Å²) in [5.41, 5.74) is 0.541. The zero-order valence-corrected chi connectivity index (χ0v) is 17.2. The average molecular weight is 404 g/mol. The molecule has 0 radical (unpaired) electrons. The number of halogens is 2. The number of amides is 1. The van der Waals surface area contributed by atoms with Crippen LogP contribution in [0.1, 0.15) is 49.0 Å². The second-order valence-corrected chi connectivity index (χ2v) is 6.92. The molecule has 3 rings (SSSR count). The predicted molar refractivity (Wildman–Crippen MR) is 110 cm³/mol. The van der Waals surface area contributed by atoms with Crippen molar-refractivity contribution >= 4 is 36.7 Å². The fraction of sp³-hybridized carbons (Fsp3) is 0.722. The monoisotopic (exact) mass is 403 g/mol. The van der Waals surface area contributed by atoms with E-state index in [4.69, 9.17) is 0 Å². The maximum Gasteiger partial charge on any atom is 0.272 e. The number of anilines is 1. The number of likely N-dealkylation sites (tertiary alicyclic amines) is 1. The third-order valence-electron chi connectivity index (χ3n) is 5.21. The van der Waals surface area contributed by atoms with Gasteiger partial charge >= 0.3 is 0 Å². The Morgan fingerprint density at radius 1 is 1.15 bits per heavy atom. The highest BCUT2D eigenvalue weighted by Gasteiger charge is 2.25. The molecular formula is C18H31Cl2N5O. The summed E-state index contributed by atoms with van der Waals surface area (Å²) in [4.78, 5) is 25.8. The van der Waals surface area contributed by atoms with E-state index in [0.29, 0.717) is 11.6 Å². The van der Waals surface area contributed by atoms with Crippen LogP contribution >= 0.6 is 24.8 Å². The molecule has 1 aromatic heterocycles. The Balaban J connectivity index is 0.00000169. The van der Waals surface area contributed by atoms with E-state index in [-0.39, 0.29) is 30.7 Å². The first-order chi connectivity index (χ1) is 11.8. The molecule has 2 fully saturated rings. The van der Waals surface area contributed by atoms with Gasteiger partial charge in [0, 0.05) is 32.4 Å². The van der Waals surface area contributed by atoms with E-state index in [2.05, 4.69) is 20.2 Å². The quantitative estimate of drug-likeness (QED) is 0.818. The summed E-state index contributed by atoms with van der Waals surface area (Å²) in [6.45, 7) is 4.74. The van der Waals surface area contributed by atoms with Crippen molar-refractivity contribution in [1.29, 1.82) is 0 Å². The van der Waals surface area contributed by atoms with Crippen molar-refractivity contribution < 1.29 is 4.79 Å². The number of carbonyl (C=O) groups excluding carboxylic acids is 1. The van der Waals surface area contributed by atoms with Crippen LogP contribution in [0.2, 0.25) is 0 Å². The molecule has 1 aromatic rings. The molecule has 2 saturated heterocycles. The van der Waals surface area contributed by atoms with Crippen LogP contribution in [0.3, 0.4) is 0 Å². The molecule has 8 heteroatoms. The Hall–Kier alpha value is -1.11. The highest BCUT2D eigenvalue weighted by Crippen LogP contribution is 2.22. The predicted octanol–water partition coefficient (Wildman–Crippen LogP) is 2.77. The van der Waals surface area contributed by atoms with Gasteiger partial charge < -0.3 is 15.1 Å². The highest BCUT2D eigenvalue weighted by molar-refractivity contribution is 5.92. The summed E-state index contributed by atoms with van der Waals surface area (Å²) in [7, 11) is 1.99. The van der Waals surface area contributed by atoms with Crippen molar-refractivity contribution in [2.24, 2.45) is 5.92 Å². The lowest BCUT2D eigenvalue weighted by atomic mass is 9.93. The van der Waals surface area contributed by atoms with Crippen molar-refractivity contribution in [1.82, 2.24) is 20.2 Å². The second kappa shape index (κ2) is 11.6. The lowest BCUT2D eigenvalue weighted by Crippen LogP contribution is -2.39. The fourth-order valence-corrected chi connectivity index (χ4v) is 3.65. The van der Waals surface area contributed by atoms with Crippen LogP contribution in [0, 0.1) is 5.92 Å². The molecule has 26 heavy (non-hydrogen) atoms. The Bertz CT molecular complexity index is 546. The number of hydrogen-bond acceptors (Lipinski definition) is 5. The summed E-state index contributed by atoms with van der Waals surface area (Å²) < 4.78 is 0. The Kier molecular flexibility index (Phi) is 10.2. The molecule has 2 aliphatic heterocycles. The van der Waals surface area contributed by atoms with Crippen molar-refractivity contribution in [2.45, 2.75) is 38.5 Å². The molecule has 0 spiro atoms. The summed E-state index contributed by atoms with van der Waals surface area (Å²) in [6, 6.07) is 1.75. The minimum absolute atomic E-state index is 0. The Morgan fingerprint density at radius 2 is 1.85 bits per heavy atom. The van der Waals surface area contributed by atoms with Gasteiger partial charge in [0.15, 0.2) is 0 Å². The van der Waals surface area contributed by atoms with Crippen LogP contribution in [-0.2, 0) is 0 Å². The van der Waals surface area contributed by atoms with Gasteiger partial charge in [-0.15, -0.1) is 24.8 Å². The molecule has 0 aliphatic carbocycles. The first kappa shape index (κ1) is 22.9. The number of aromatic nitrogens is 2. The van der Waals surface area contributed by atoms with Crippen LogP contribution in [0.5, 0.6) is 0 Å². The molecule has 0 atom stereocenters. The lowest BCUT2D eigenvalue weighted by molar-refractivity contribution is 0.0681. The van der Waals surface area contributed by atoms with E-state index in [1.165, 1.54) is 25.7 Å². The first-order valence-electron chi connectivity index (χ1n) is 9.30. The minimum atomic E-state index is 0. The van der Waals surface area contributed by atoms with Gasteiger partial charge in [0.2, 0.25) is 5.95 Å². The van der Waals surface area contributed by atoms with E-state index < -0.39 is 0 Å². The molecule has 0 saturated carbocycles. The van der Waals surface area contributed by atoms with Gasteiger partial charge in [-0.05, 0) is 64.1 Å². The molecule has 1 N–H and O–H groups in total. The molecule has 2 aliphatic rings. The van der Waals surface area contributed by atoms with Crippen LogP contribution in [-0.4, -0.2) is 60.5 Å². The highest BCUT2D eigenvalue weighted by atomic mass is 35.5. The van der Waals surface area contributed by atoms with Crippen LogP contribution in [0.15, 0.2) is 12.3 Å².